The minimum absolute atomic E-state index is 0.297. The largest absolute Gasteiger partial charge is 0.507 e. The van der Waals surface area contributed by atoms with Gasteiger partial charge in [-0.2, -0.15) is 0 Å². The first-order valence-electron chi connectivity index (χ1n) is 12.4. The molecule has 0 bridgehead atoms. The Hall–Kier alpha value is -3.24. The lowest BCUT2D eigenvalue weighted by Crippen LogP contribution is -2.05. The number of aromatic nitrogens is 1. The average molecular weight is 456 g/mol. The van der Waals surface area contributed by atoms with Gasteiger partial charge in [0.05, 0.1) is 5.69 Å². The number of fused-ring (bicyclic) bond motifs is 1. The summed E-state index contributed by atoms with van der Waals surface area (Å²) in [5.74, 6) is 0.297. The van der Waals surface area contributed by atoms with Crippen LogP contribution in [0.5, 0.6) is 5.75 Å². The minimum Gasteiger partial charge on any atom is -0.507 e. The van der Waals surface area contributed by atoms with Crippen LogP contribution in [0.25, 0.3) is 33.3 Å². The van der Waals surface area contributed by atoms with E-state index in [4.69, 9.17) is 11.5 Å². The molecule has 0 saturated heterocycles. The third kappa shape index (κ3) is 4.30. The summed E-state index contributed by atoms with van der Waals surface area (Å²) < 4.78 is 0. The number of nitrogens with one attached hydrogen (secondary N) is 1. The van der Waals surface area contributed by atoms with Crippen molar-refractivity contribution in [2.75, 3.05) is 12.3 Å². The molecule has 1 heterocycles. The van der Waals surface area contributed by atoms with Gasteiger partial charge >= 0.3 is 0 Å². The van der Waals surface area contributed by atoms with E-state index in [0.29, 0.717) is 12.3 Å². The first-order chi connectivity index (χ1) is 16.4. The summed E-state index contributed by atoms with van der Waals surface area (Å²) in [5, 5.41) is 12.6. The molecule has 0 aliphatic heterocycles. The van der Waals surface area contributed by atoms with Crippen LogP contribution in [0, 0.1) is 13.8 Å². The quantitative estimate of drug-likeness (QED) is 0.174. The molecule has 6 N–H and O–H groups in total. The number of aryl methyl sites for hydroxylation is 3. The number of aromatic amines is 1. The van der Waals surface area contributed by atoms with E-state index in [1.165, 1.54) is 16.7 Å². The van der Waals surface area contributed by atoms with Gasteiger partial charge in [0.15, 0.2) is 0 Å². The fourth-order valence-electron chi connectivity index (χ4n) is 5.25. The number of phenols is 1. The number of anilines is 1. The summed E-state index contributed by atoms with van der Waals surface area (Å²) in [5.41, 5.74) is 24.3. The maximum absolute atomic E-state index is 11.5. The molecule has 0 aliphatic rings. The fraction of sp³-hybridized carbons (Fsp3) is 0.333. The number of phenolic OH excluding ortho intramolecular Hbond substituents is 1. The van der Waals surface area contributed by atoms with E-state index in [-0.39, 0.29) is 0 Å². The van der Waals surface area contributed by atoms with Crippen LogP contribution < -0.4 is 11.5 Å². The van der Waals surface area contributed by atoms with Crippen LogP contribution in [0.1, 0.15) is 54.5 Å². The lowest BCUT2D eigenvalue weighted by atomic mass is 9.86. The molecule has 178 valence electrons. The highest BCUT2D eigenvalue weighted by atomic mass is 16.3. The molecule has 0 aliphatic carbocycles. The van der Waals surface area contributed by atoms with Gasteiger partial charge in [-0.1, -0.05) is 49.6 Å². The number of nitrogen functional groups attached to an aromatic ring is 1. The molecule has 34 heavy (non-hydrogen) atoms. The summed E-state index contributed by atoms with van der Waals surface area (Å²) >= 11 is 0. The van der Waals surface area contributed by atoms with Crippen LogP contribution in [0.2, 0.25) is 0 Å². The second-order valence-corrected chi connectivity index (χ2v) is 9.41. The first kappa shape index (κ1) is 23.9. The predicted molar refractivity (Wildman–Crippen MR) is 145 cm³/mol. The Morgan fingerprint density at radius 1 is 0.912 bits per heavy atom. The number of nitrogens with two attached hydrogens (primary N) is 2. The Kier molecular flexibility index (Phi) is 6.99. The summed E-state index contributed by atoms with van der Waals surface area (Å²) in [6, 6.07) is 14.8. The van der Waals surface area contributed by atoms with E-state index in [1.54, 1.807) is 0 Å². The van der Waals surface area contributed by atoms with Gasteiger partial charge in [-0.05, 0) is 92.6 Å². The zero-order valence-corrected chi connectivity index (χ0v) is 20.9. The third-order valence-electron chi connectivity index (χ3n) is 6.79. The van der Waals surface area contributed by atoms with Gasteiger partial charge in [-0.15, -0.1) is 0 Å². The highest BCUT2D eigenvalue weighted by molar-refractivity contribution is 6.08. The number of H-pyrrole nitrogens is 1. The van der Waals surface area contributed by atoms with Crippen LogP contribution in [-0.2, 0) is 19.3 Å². The number of rotatable bonds is 8. The molecule has 0 atom stereocenters. The molecule has 4 heteroatoms. The SMILES string of the molecule is CCCCc1c(N)c(CC)cc(O)c1-c1c(-c2cc(C)cc(C)c2)[nH]c2cccc(CCN)c12. The Morgan fingerprint density at radius 3 is 2.29 bits per heavy atom. The van der Waals surface area contributed by atoms with Crippen molar-refractivity contribution in [2.45, 2.75) is 59.8 Å². The van der Waals surface area contributed by atoms with E-state index in [9.17, 15) is 5.11 Å². The average Bonchev–Trinajstić information content (AvgIpc) is 3.19. The van der Waals surface area contributed by atoms with Crippen molar-refractivity contribution in [3.8, 4) is 28.1 Å². The molecule has 1 aromatic heterocycles. The van der Waals surface area contributed by atoms with Crippen molar-refractivity contribution in [1.29, 1.82) is 0 Å². The maximum Gasteiger partial charge on any atom is 0.124 e. The van der Waals surface area contributed by atoms with Gasteiger partial charge in [0.25, 0.3) is 0 Å². The van der Waals surface area contributed by atoms with Crippen LogP contribution >= 0.6 is 0 Å². The van der Waals surface area contributed by atoms with Gasteiger partial charge in [0.1, 0.15) is 5.75 Å². The van der Waals surface area contributed by atoms with E-state index < -0.39 is 0 Å². The van der Waals surface area contributed by atoms with Crippen molar-refractivity contribution >= 4 is 16.6 Å². The van der Waals surface area contributed by atoms with Gasteiger partial charge in [0, 0.05) is 27.7 Å². The number of aromatic hydroxyl groups is 1. The fourth-order valence-corrected chi connectivity index (χ4v) is 5.25. The van der Waals surface area contributed by atoms with Crippen molar-refractivity contribution < 1.29 is 5.11 Å². The number of hydrogen-bond donors (Lipinski definition) is 4. The molecule has 4 nitrogen and oxygen atoms in total. The van der Waals surface area contributed by atoms with Crippen molar-refractivity contribution in [3.05, 3.63) is 70.3 Å². The van der Waals surface area contributed by atoms with Crippen LogP contribution in [0.3, 0.4) is 0 Å². The van der Waals surface area contributed by atoms with Crippen LogP contribution in [0.15, 0.2) is 42.5 Å². The molecule has 3 aromatic carbocycles. The van der Waals surface area contributed by atoms with E-state index in [0.717, 1.165) is 82.2 Å². The summed E-state index contributed by atoms with van der Waals surface area (Å²) in [6.45, 7) is 9.08. The van der Waals surface area contributed by atoms with Gasteiger partial charge in [-0.25, -0.2) is 0 Å². The lowest BCUT2D eigenvalue weighted by Gasteiger charge is -2.19. The molecule has 4 aromatic rings. The molecule has 0 radical (unpaired) electrons. The molecular formula is C30H37N3O. The maximum atomic E-state index is 11.5. The molecular weight excluding hydrogens is 418 g/mol. The summed E-state index contributed by atoms with van der Waals surface area (Å²) in [4.78, 5) is 3.70. The Labute approximate surface area is 203 Å². The first-order valence-corrected chi connectivity index (χ1v) is 12.4. The monoisotopic (exact) mass is 455 g/mol. The second kappa shape index (κ2) is 9.94. The normalized spacial score (nSPS) is 11.4. The predicted octanol–water partition coefficient (Wildman–Crippen LogP) is 6.81. The summed E-state index contributed by atoms with van der Waals surface area (Å²) in [6.07, 6.45) is 4.46. The highest BCUT2D eigenvalue weighted by Crippen LogP contribution is 2.47. The van der Waals surface area contributed by atoms with Crippen LogP contribution in [-0.4, -0.2) is 16.6 Å². The van der Waals surface area contributed by atoms with E-state index in [2.05, 4.69) is 69.1 Å². The van der Waals surface area contributed by atoms with Gasteiger partial charge in [0.2, 0.25) is 0 Å². The van der Waals surface area contributed by atoms with Crippen LogP contribution in [0.4, 0.5) is 5.69 Å². The topological polar surface area (TPSA) is 88.1 Å². The molecule has 4 rings (SSSR count). The minimum atomic E-state index is 0.297. The van der Waals surface area contributed by atoms with Crippen molar-refractivity contribution in [1.82, 2.24) is 4.98 Å². The molecule has 0 amide bonds. The zero-order chi connectivity index (χ0) is 24.4. The second-order valence-electron chi connectivity index (χ2n) is 9.41. The van der Waals surface area contributed by atoms with Gasteiger partial charge in [-0.3, -0.25) is 0 Å². The Balaban J connectivity index is 2.16. The number of hydrogen-bond acceptors (Lipinski definition) is 3. The molecule has 0 spiro atoms. The Morgan fingerprint density at radius 2 is 1.65 bits per heavy atom. The zero-order valence-electron chi connectivity index (χ0n) is 20.9. The number of benzene rings is 3. The van der Waals surface area contributed by atoms with Gasteiger partial charge < -0.3 is 21.6 Å². The smallest absolute Gasteiger partial charge is 0.124 e. The summed E-state index contributed by atoms with van der Waals surface area (Å²) in [7, 11) is 0. The highest BCUT2D eigenvalue weighted by Gasteiger charge is 2.25. The van der Waals surface area contributed by atoms with Crippen molar-refractivity contribution in [2.24, 2.45) is 5.73 Å². The van der Waals surface area contributed by atoms with E-state index >= 15 is 0 Å². The third-order valence-corrected chi connectivity index (χ3v) is 6.79. The van der Waals surface area contributed by atoms with E-state index in [1.807, 2.05) is 6.07 Å². The molecule has 0 saturated carbocycles. The molecule has 0 unspecified atom stereocenters. The lowest BCUT2D eigenvalue weighted by molar-refractivity contribution is 0.476. The number of unbranched alkanes of at least 4 members (excludes halogenated alkanes) is 1. The Bertz CT molecular complexity index is 1310. The standard InChI is InChI=1S/C30H37N3O/c1-5-7-10-23-27(25(34)17-20(6-2)29(23)32)28-26-21(12-13-31)9-8-11-24(26)33-30(28)22-15-18(3)14-19(4)16-22/h8-9,11,14-17,33-34H,5-7,10,12-13,31-32H2,1-4H3. The molecule has 0 fully saturated rings. The van der Waals surface area contributed by atoms with Crippen molar-refractivity contribution in [3.63, 3.8) is 0 Å².